The average molecular weight is 1910 g/mol. The second-order valence-corrected chi connectivity index (χ2v) is 34.8. The van der Waals surface area contributed by atoms with Crippen LogP contribution in [0, 0.1) is 13.8 Å². The Balaban J connectivity index is 0.000000360. The zero-order chi connectivity index (χ0) is 94.5. The molecule has 16 N–H and O–H groups in total. The summed E-state index contributed by atoms with van der Waals surface area (Å²) in [5, 5.41) is 62.4. The largest absolute Gasteiger partial charge is 0.481 e. The molecule has 740 valence electrons. The van der Waals surface area contributed by atoms with Gasteiger partial charge in [0.15, 0.2) is 11.6 Å². The third-order valence-electron chi connectivity index (χ3n) is 21.9. The summed E-state index contributed by atoms with van der Waals surface area (Å²) in [6, 6.07) is 14.9. The SMILES string of the molecule is C.C.CCCCCNc1nc(N)nc2ccn(Cc3ccc(CN4CCN(C(=O)CCCOCCOCCOCCn5cc(CNC(=O)C(CC(=O)O)SC[C@H](N)C(=O)O)nn5)CC4)cc3C)c12.CCCCCNc1nc(N)nc2ccn(Cc3ccc(CN4CCN(C(=O)CCCOCCOCCOCCn5cc(CNC(=O)CC(SC[C@H](N)C(=O)O)C(=O)O)nn5)CC4)cc3C)c12. The predicted molar refractivity (Wildman–Crippen MR) is 513 cm³/mol. The van der Waals surface area contributed by atoms with Crippen molar-refractivity contribution in [3.05, 3.63) is 118 Å². The number of piperazine rings is 2. The molecule has 2 aliphatic heterocycles. The number of ether oxygens (including phenoxy) is 6. The van der Waals surface area contributed by atoms with Crippen LogP contribution in [0.2, 0.25) is 0 Å². The van der Waals surface area contributed by atoms with Gasteiger partial charge in [-0.25, -0.2) is 19.3 Å². The minimum atomic E-state index is -1.24. The molecular formula is C90H140N24O18S2. The molecule has 2 aromatic carbocycles. The zero-order valence-corrected chi connectivity index (χ0v) is 77.8. The topological polar surface area (TPSA) is 561 Å². The molecule has 8 heterocycles. The second-order valence-electron chi connectivity index (χ2n) is 32.3. The number of fused-ring (bicyclic) bond motifs is 2. The summed E-state index contributed by atoms with van der Waals surface area (Å²) in [7, 11) is 0. The summed E-state index contributed by atoms with van der Waals surface area (Å²) in [6.45, 7) is 25.4. The number of nitrogens with two attached hydrogens (primary N) is 4. The van der Waals surface area contributed by atoms with Crippen LogP contribution in [0.3, 0.4) is 0 Å². The van der Waals surface area contributed by atoms with Gasteiger partial charge in [-0.1, -0.05) is 101 Å². The summed E-state index contributed by atoms with van der Waals surface area (Å²) >= 11 is 1.68. The quantitative estimate of drug-likeness (QED) is 0.0196. The maximum atomic E-state index is 12.9. The fraction of sp³-hybridized carbons (Fsp3) is 0.600. The summed E-state index contributed by atoms with van der Waals surface area (Å²) in [6.07, 6.45) is 15.5. The molecule has 2 fully saturated rings. The number of benzene rings is 2. The van der Waals surface area contributed by atoms with Crippen molar-refractivity contribution in [2.45, 2.75) is 195 Å². The molecule has 4 amide bonds. The number of aryl methyl sites for hydroxylation is 2. The first-order valence-electron chi connectivity index (χ1n) is 45.1. The van der Waals surface area contributed by atoms with Crippen molar-refractivity contribution in [1.82, 2.24) is 89.3 Å². The number of aromatic nitrogens is 12. The molecule has 44 heteroatoms. The molecule has 42 nitrogen and oxygen atoms in total. The fourth-order valence-electron chi connectivity index (χ4n) is 14.5. The van der Waals surface area contributed by atoms with E-state index in [-0.39, 0.29) is 69.6 Å². The summed E-state index contributed by atoms with van der Waals surface area (Å²) < 4.78 is 41.2. The van der Waals surface area contributed by atoms with Crippen molar-refractivity contribution < 1.29 is 87.2 Å². The normalized spacial score (nSPS) is 13.9. The number of nitrogens with zero attached hydrogens (tertiary/aromatic N) is 16. The number of nitrogen functional groups attached to an aromatic ring is 2. The highest BCUT2D eigenvalue weighted by molar-refractivity contribution is 8.00. The van der Waals surface area contributed by atoms with Gasteiger partial charge in [0.1, 0.15) is 39.8 Å². The van der Waals surface area contributed by atoms with Gasteiger partial charge in [0.2, 0.25) is 35.5 Å². The number of aliphatic carboxylic acids is 4. The predicted octanol–water partition coefficient (Wildman–Crippen LogP) is 5.96. The van der Waals surface area contributed by atoms with E-state index in [4.69, 9.17) is 66.7 Å². The number of nitrogens with one attached hydrogen (secondary N) is 4. The number of carbonyl (C=O) groups excluding carboxylic acids is 4. The Morgan fingerprint density at radius 2 is 0.873 bits per heavy atom. The van der Waals surface area contributed by atoms with Crippen molar-refractivity contribution in [3.63, 3.8) is 0 Å². The molecule has 0 saturated carbocycles. The summed E-state index contributed by atoms with van der Waals surface area (Å²) in [5.41, 5.74) is 34.9. The third kappa shape index (κ3) is 38.5. The number of hydrogen-bond donors (Lipinski definition) is 12. The Hall–Kier alpha value is -10.8. The molecule has 0 radical (unpaired) electrons. The number of carbonyl (C=O) groups is 8. The number of unbranched alkanes of at least 4 members (excludes halogenated alkanes) is 4. The van der Waals surface area contributed by atoms with Gasteiger partial charge in [0.05, 0.1) is 127 Å². The maximum absolute atomic E-state index is 12.9. The van der Waals surface area contributed by atoms with Crippen LogP contribution in [0.4, 0.5) is 23.5 Å². The second kappa shape index (κ2) is 59.9. The molecule has 8 aromatic rings. The molecule has 6 aromatic heterocycles. The van der Waals surface area contributed by atoms with Crippen LogP contribution in [0.5, 0.6) is 0 Å². The van der Waals surface area contributed by atoms with Crippen LogP contribution >= 0.6 is 23.5 Å². The highest BCUT2D eigenvalue weighted by atomic mass is 32.2. The van der Waals surface area contributed by atoms with Gasteiger partial charge in [0, 0.05) is 148 Å². The van der Waals surface area contributed by atoms with E-state index in [0.29, 0.717) is 169 Å². The molecule has 10 rings (SSSR count). The number of rotatable bonds is 62. The molecule has 134 heavy (non-hydrogen) atoms. The Morgan fingerprint density at radius 3 is 1.27 bits per heavy atom. The highest BCUT2D eigenvalue weighted by Crippen LogP contribution is 2.29. The number of amides is 4. The number of anilines is 4. The van der Waals surface area contributed by atoms with Crippen molar-refractivity contribution >= 4 is 117 Å². The molecule has 0 spiro atoms. The maximum Gasteiger partial charge on any atom is 0.321 e. The summed E-state index contributed by atoms with van der Waals surface area (Å²) in [4.78, 5) is 122. The van der Waals surface area contributed by atoms with Gasteiger partial charge >= 0.3 is 23.9 Å². The van der Waals surface area contributed by atoms with Crippen LogP contribution in [-0.4, -0.2) is 325 Å². The molecule has 0 aliphatic carbocycles. The van der Waals surface area contributed by atoms with E-state index in [1.54, 1.807) is 21.8 Å². The van der Waals surface area contributed by atoms with E-state index in [0.717, 1.165) is 148 Å². The van der Waals surface area contributed by atoms with Crippen molar-refractivity contribution in [3.8, 4) is 0 Å². The van der Waals surface area contributed by atoms with Gasteiger partial charge in [-0.15, -0.1) is 33.7 Å². The average Bonchev–Trinajstić information content (AvgIpc) is 1.65. The smallest absolute Gasteiger partial charge is 0.321 e. The van der Waals surface area contributed by atoms with Crippen molar-refractivity contribution in [1.29, 1.82) is 0 Å². The van der Waals surface area contributed by atoms with Gasteiger partial charge in [-0.3, -0.25) is 48.2 Å². The van der Waals surface area contributed by atoms with Gasteiger partial charge in [-0.2, -0.15) is 9.97 Å². The number of hydrogen-bond acceptors (Lipinski definition) is 32. The van der Waals surface area contributed by atoms with Crippen LogP contribution in [0.15, 0.2) is 73.3 Å². The van der Waals surface area contributed by atoms with Gasteiger partial charge in [0.25, 0.3) is 0 Å². The minimum absolute atomic E-state index is 0. The van der Waals surface area contributed by atoms with Crippen molar-refractivity contribution in [2.24, 2.45) is 11.5 Å². The van der Waals surface area contributed by atoms with E-state index >= 15 is 0 Å². The molecule has 0 bridgehead atoms. The van der Waals surface area contributed by atoms with E-state index in [1.807, 2.05) is 34.3 Å². The van der Waals surface area contributed by atoms with Crippen molar-refractivity contribution in [2.75, 3.05) is 178 Å². The Kier molecular flexibility index (Phi) is 49.2. The molecular weight excluding hydrogens is 1770 g/mol. The lowest BCUT2D eigenvalue weighted by molar-refractivity contribution is -0.139. The lowest BCUT2D eigenvalue weighted by atomic mass is 10.0. The lowest BCUT2D eigenvalue weighted by Gasteiger charge is -2.35. The standard InChI is InChI=1S/2C44H66N12O9S.2CH4/c1-3-4-5-11-47-41-40-36(49-44(46)50-41)10-12-55(40)28-33-9-8-32(24-31(33)2)27-53-13-15-54(16-14-53)39(58)7-6-18-63-20-22-65-23-21-64-19-17-56-29-34(51-52-56)26-48-38(57)25-37(43(61)62)66-30-35(45)42(59)60;1-3-4-5-11-47-41-40-36(49-44(46)50-41)10-12-55(40)28-33-9-8-32(24-31(33)2)27-53-13-15-54(16-14-53)38(57)7-6-18-63-20-22-65-23-21-64-19-17-56-29-34(51-52-56)26-48-42(60)37(25-39(58)59)66-30-35(45)43(61)62;;/h8-10,12,24,29,35,37H,3-7,11,13-23,25-28,30,45H2,1-2H3,(H,48,57)(H,59,60)(H,61,62)(H3,46,47,49,50);8-10,12,24,29,35,37H,3-7,11,13-23,25-28,30,45H2,1-2H3,(H,48,60)(H,58,59)(H,61,62)(H3,46,47,49,50);2*1H4/t2*35-,37?;;/m00../s1. The minimum Gasteiger partial charge on any atom is -0.481 e. The molecule has 2 saturated heterocycles. The van der Waals surface area contributed by atoms with Crippen LogP contribution in [0.25, 0.3) is 22.1 Å². The van der Waals surface area contributed by atoms with E-state index < -0.39 is 64.7 Å². The Bertz CT molecular complexity index is 4930. The number of carboxylic acids is 4. The lowest BCUT2D eigenvalue weighted by Crippen LogP contribution is -2.48. The van der Waals surface area contributed by atoms with E-state index in [1.165, 1.54) is 33.4 Å². The third-order valence-corrected chi connectivity index (χ3v) is 24.6. The summed E-state index contributed by atoms with van der Waals surface area (Å²) in [5.74, 6) is -3.82. The van der Waals surface area contributed by atoms with E-state index in [9.17, 15) is 43.5 Å². The first kappa shape index (κ1) is 110. The highest BCUT2D eigenvalue weighted by Gasteiger charge is 2.29. The Morgan fingerprint density at radius 1 is 0.470 bits per heavy atom. The molecule has 2 unspecified atom stereocenters. The van der Waals surface area contributed by atoms with Crippen LogP contribution < -0.4 is 44.2 Å². The van der Waals surface area contributed by atoms with Crippen LogP contribution in [0.1, 0.15) is 151 Å². The monoisotopic (exact) mass is 1910 g/mol. The Labute approximate surface area is 791 Å². The fourth-order valence-corrected chi connectivity index (χ4v) is 16.6. The van der Waals surface area contributed by atoms with E-state index in [2.05, 4.69) is 145 Å². The number of thioether (sulfide) groups is 2. The van der Waals surface area contributed by atoms with Crippen LogP contribution in [-0.2, 0) is 119 Å². The molecule has 2 aliphatic rings. The van der Waals surface area contributed by atoms with Gasteiger partial charge < -0.3 is 112 Å². The first-order chi connectivity index (χ1) is 63.8. The molecule has 4 atom stereocenters. The van der Waals surface area contributed by atoms with Gasteiger partial charge in [-0.05, 0) is 85.0 Å². The zero-order valence-electron chi connectivity index (χ0n) is 76.1. The first-order valence-corrected chi connectivity index (χ1v) is 47.2. The number of carboxylic acid groups (broad SMARTS) is 4.